The van der Waals surface area contributed by atoms with E-state index in [4.69, 9.17) is 34.8 Å². The van der Waals surface area contributed by atoms with Crippen LogP contribution in [-0.4, -0.2) is 35.1 Å². The largest absolute Gasteiger partial charge is 0.355 e. The second-order valence-corrected chi connectivity index (χ2v) is 8.76. The van der Waals surface area contributed by atoms with Gasteiger partial charge in [-0.3, -0.25) is 9.59 Å². The van der Waals surface area contributed by atoms with Crippen LogP contribution in [-0.2, 0) is 16.1 Å². The normalized spacial score (nSPS) is 11.8. The number of likely N-dealkylation sites (N-methyl/N-ethyl adjacent to an activating group) is 1. The van der Waals surface area contributed by atoms with Crippen molar-refractivity contribution < 1.29 is 9.59 Å². The molecule has 156 valence electrons. The van der Waals surface area contributed by atoms with Crippen molar-refractivity contribution in [1.82, 2.24) is 10.2 Å². The van der Waals surface area contributed by atoms with Crippen molar-refractivity contribution in [3.63, 3.8) is 0 Å². The molecular formula is C21H23Cl3N2O2S. The van der Waals surface area contributed by atoms with Crippen molar-refractivity contribution >= 4 is 58.4 Å². The van der Waals surface area contributed by atoms with Gasteiger partial charge in [-0.15, -0.1) is 11.8 Å². The van der Waals surface area contributed by atoms with Crippen molar-refractivity contribution in [2.24, 2.45) is 0 Å². The molecule has 2 aromatic rings. The maximum atomic E-state index is 13.0. The van der Waals surface area contributed by atoms with E-state index in [-0.39, 0.29) is 24.8 Å². The summed E-state index contributed by atoms with van der Waals surface area (Å²) in [6.45, 7) is 4.20. The lowest BCUT2D eigenvalue weighted by Crippen LogP contribution is -2.47. The molecule has 2 amide bonds. The number of halogens is 3. The number of carbonyl (C=O) groups excluding carboxylic acids is 2. The molecule has 1 atom stereocenters. The van der Waals surface area contributed by atoms with Gasteiger partial charge in [-0.1, -0.05) is 40.9 Å². The molecule has 0 saturated heterocycles. The summed E-state index contributed by atoms with van der Waals surface area (Å²) >= 11 is 20.0. The molecule has 0 fully saturated rings. The Morgan fingerprint density at radius 2 is 1.69 bits per heavy atom. The number of benzene rings is 2. The standard InChI is InChI=1S/C21H23Cl3N2O2S/c1-3-25-21(28)14(2)26(13-17-18(23)5-4-6-19(17)24)20(27)11-12-29-16-9-7-15(22)8-10-16/h4-10,14H,3,11-13H2,1-2H3,(H,25,28)/t14-/m1/s1. The van der Waals surface area contributed by atoms with Crippen LogP contribution in [0.1, 0.15) is 25.8 Å². The summed E-state index contributed by atoms with van der Waals surface area (Å²) in [5.74, 6) is 0.227. The number of nitrogens with one attached hydrogen (secondary N) is 1. The molecule has 0 aliphatic heterocycles. The Labute approximate surface area is 190 Å². The summed E-state index contributed by atoms with van der Waals surface area (Å²) in [7, 11) is 0. The van der Waals surface area contributed by atoms with Crippen LogP contribution >= 0.6 is 46.6 Å². The van der Waals surface area contributed by atoms with Gasteiger partial charge in [-0.2, -0.15) is 0 Å². The summed E-state index contributed by atoms with van der Waals surface area (Å²) in [4.78, 5) is 27.9. The highest BCUT2D eigenvalue weighted by atomic mass is 35.5. The Morgan fingerprint density at radius 3 is 2.28 bits per heavy atom. The lowest BCUT2D eigenvalue weighted by Gasteiger charge is -2.29. The molecule has 0 bridgehead atoms. The van der Waals surface area contributed by atoms with Crippen LogP contribution in [0, 0.1) is 0 Å². The first-order chi connectivity index (χ1) is 13.8. The molecule has 0 unspecified atom stereocenters. The molecule has 0 radical (unpaired) electrons. The number of rotatable bonds is 9. The molecule has 0 saturated carbocycles. The van der Waals surface area contributed by atoms with Crippen molar-refractivity contribution in [2.45, 2.75) is 37.8 Å². The zero-order valence-electron chi connectivity index (χ0n) is 16.3. The fourth-order valence-electron chi connectivity index (χ4n) is 2.69. The highest BCUT2D eigenvalue weighted by Gasteiger charge is 2.26. The Hall–Kier alpha value is -1.40. The molecule has 2 aromatic carbocycles. The van der Waals surface area contributed by atoms with E-state index < -0.39 is 6.04 Å². The first kappa shape index (κ1) is 23.9. The monoisotopic (exact) mass is 472 g/mol. The Morgan fingerprint density at radius 1 is 1.07 bits per heavy atom. The van der Waals surface area contributed by atoms with Crippen molar-refractivity contribution in [3.05, 3.63) is 63.1 Å². The van der Waals surface area contributed by atoms with E-state index in [0.29, 0.717) is 32.9 Å². The Balaban J connectivity index is 2.11. The minimum absolute atomic E-state index is 0.138. The molecule has 29 heavy (non-hydrogen) atoms. The van der Waals surface area contributed by atoms with Gasteiger partial charge in [-0.25, -0.2) is 0 Å². The smallest absolute Gasteiger partial charge is 0.242 e. The summed E-state index contributed by atoms with van der Waals surface area (Å²) in [5.41, 5.74) is 0.630. The Kier molecular flexibility index (Phi) is 9.63. The molecule has 0 aromatic heterocycles. The molecule has 1 N–H and O–H groups in total. The fourth-order valence-corrected chi connectivity index (χ4v) is 4.17. The van der Waals surface area contributed by atoms with Crippen LogP contribution in [0.4, 0.5) is 0 Å². The minimum Gasteiger partial charge on any atom is -0.355 e. The van der Waals surface area contributed by atoms with Crippen LogP contribution in [0.2, 0.25) is 15.1 Å². The molecule has 4 nitrogen and oxygen atoms in total. The number of thioether (sulfide) groups is 1. The number of nitrogens with zero attached hydrogens (tertiary/aromatic N) is 1. The molecule has 0 aliphatic carbocycles. The second-order valence-electron chi connectivity index (χ2n) is 6.34. The van der Waals surface area contributed by atoms with Gasteiger partial charge in [0.15, 0.2) is 0 Å². The van der Waals surface area contributed by atoms with Gasteiger partial charge in [0.05, 0.1) is 0 Å². The third kappa shape index (κ3) is 7.10. The summed E-state index contributed by atoms with van der Waals surface area (Å²) in [6, 6.07) is 12.0. The summed E-state index contributed by atoms with van der Waals surface area (Å²) < 4.78 is 0. The van der Waals surface area contributed by atoms with Gasteiger partial charge in [0.25, 0.3) is 0 Å². The second kappa shape index (κ2) is 11.7. The molecule has 0 aliphatic rings. The highest BCUT2D eigenvalue weighted by molar-refractivity contribution is 7.99. The van der Waals surface area contributed by atoms with Crippen LogP contribution in [0.25, 0.3) is 0 Å². The predicted molar refractivity (Wildman–Crippen MR) is 122 cm³/mol. The molecular weight excluding hydrogens is 451 g/mol. The maximum Gasteiger partial charge on any atom is 0.242 e. The van der Waals surface area contributed by atoms with Crippen molar-refractivity contribution in [3.8, 4) is 0 Å². The van der Waals surface area contributed by atoms with Gasteiger partial charge < -0.3 is 10.2 Å². The summed E-state index contributed by atoms with van der Waals surface area (Å²) in [5, 5.41) is 4.37. The molecule has 2 rings (SSSR count). The average molecular weight is 474 g/mol. The van der Waals surface area contributed by atoms with Gasteiger partial charge >= 0.3 is 0 Å². The zero-order chi connectivity index (χ0) is 21.4. The van der Waals surface area contributed by atoms with E-state index in [2.05, 4.69) is 5.32 Å². The van der Waals surface area contributed by atoms with E-state index in [1.807, 2.05) is 31.2 Å². The average Bonchev–Trinajstić information content (AvgIpc) is 2.69. The van der Waals surface area contributed by atoms with E-state index >= 15 is 0 Å². The quantitative estimate of drug-likeness (QED) is 0.476. The topological polar surface area (TPSA) is 49.4 Å². The van der Waals surface area contributed by atoms with Crippen LogP contribution in [0.5, 0.6) is 0 Å². The lowest BCUT2D eigenvalue weighted by molar-refractivity contribution is -0.140. The van der Waals surface area contributed by atoms with Crippen molar-refractivity contribution in [2.75, 3.05) is 12.3 Å². The van der Waals surface area contributed by atoms with Gasteiger partial charge in [0.1, 0.15) is 6.04 Å². The van der Waals surface area contributed by atoms with Crippen LogP contribution in [0.15, 0.2) is 47.4 Å². The van der Waals surface area contributed by atoms with Gasteiger partial charge in [-0.05, 0) is 50.2 Å². The van der Waals surface area contributed by atoms with E-state index in [0.717, 1.165) is 4.90 Å². The number of hydrogen-bond acceptors (Lipinski definition) is 3. The number of amides is 2. The maximum absolute atomic E-state index is 13.0. The van der Waals surface area contributed by atoms with Crippen molar-refractivity contribution in [1.29, 1.82) is 0 Å². The summed E-state index contributed by atoms with van der Waals surface area (Å²) in [6.07, 6.45) is 0.277. The molecule has 8 heteroatoms. The SMILES string of the molecule is CCNC(=O)[C@@H](C)N(Cc1c(Cl)cccc1Cl)C(=O)CCSc1ccc(Cl)cc1. The highest BCUT2D eigenvalue weighted by Crippen LogP contribution is 2.27. The third-order valence-corrected chi connectivity index (χ3v) is 6.28. The first-order valence-corrected chi connectivity index (χ1v) is 11.3. The molecule has 0 heterocycles. The minimum atomic E-state index is -0.643. The van der Waals surface area contributed by atoms with E-state index in [9.17, 15) is 9.59 Å². The fraction of sp³-hybridized carbons (Fsp3) is 0.333. The number of hydrogen-bond donors (Lipinski definition) is 1. The zero-order valence-corrected chi connectivity index (χ0v) is 19.3. The van der Waals surface area contributed by atoms with E-state index in [1.165, 1.54) is 4.90 Å². The van der Waals surface area contributed by atoms with Crippen LogP contribution in [0.3, 0.4) is 0 Å². The van der Waals surface area contributed by atoms with Gasteiger partial charge in [0, 0.05) is 50.8 Å². The molecule has 0 spiro atoms. The predicted octanol–water partition coefficient (Wildman–Crippen LogP) is 5.68. The lowest BCUT2D eigenvalue weighted by atomic mass is 10.1. The first-order valence-electron chi connectivity index (χ1n) is 9.22. The Bertz CT molecular complexity index is 826. The van der Waals surface area contributed by atoms with Crippen LogP contribution < -0.4 is 5.32 Å². The number of carbonyl (C=O) groups is 2. The van der Waals surface area contributed by atoms with E-state index in [1.54, 1.807) is 36.9 Å². The van der Waals surface area contributed by atoms with Gasteiger partial charge in [0.2, 0.25) is 11.8 Å². The third-order valence-electron chi connectivity index (χ3n) is 4.31.